The first kappa shape index (κ1) is 19.2. The first-order chi connectivity index (χ1) is 12.8. The fraction of sp³-hybridized carbons (Fsp3) is 0.826. The predicted octanol–water partition coefficient (Wildman–Crippen LogP) is 4.02. The van der Waals surface area contributed by atoms with E-state index in [1.165, 1.54) is 18.4 Å². The zero-order valence-electron chi connectivity index (χ0n) is 17.1. The van der Waals surface area contributed by atoms with E-state index in [2.05, 4.69) is 19.9 Å². The Morgan fingerprint density at radius 1 is 1.15 bits per heavy atom. The molecular formula is C23H35NO3. The van der Waals surface area contributed by atoms with Crippen molar-refractivity contribution in [3.63, 3.8) is 0 Å². The van der Waals surface area contributed by atoms with E-state index in [-0.39, 0.29) is 28.8 Å². The maximum Gasteiger partial charge on any atom is 0.310 e. The Morgan fingerprint density at radius 2 is 1.85 bits per heavy atom. The highest BCUT2D eigenvalue weighted by Gasteiger charge is 2.58. The van der Waals surface area contributed by atoms with Crippen LogP contribution < -0.4 is 5.73 Å². The van der Waals surface area contributed by atoms with Gasteiger partial charge >= 0.3 is 5.97 Å². The molecule has 0 spiro atoms. The number of hydrogen-bond acceptors (Lipinski definition) is 4. The van der Waals surface area contributed by atoms with Crippen molar-refractivity contribution in [2.24, 2.45) is 40.2 Å². The van der Waals surface area contributed by atoms with Gasteiger partial charge in [-0.3, -0.25) is 9.59 Å². The van der Waals surface area contributed by atoms with Crippen LogP contribution in [-0.2, 0) is 14.3 Å². The lowest BCUT2D eigenvalue weighted by Gasteiger charge is -2.57. The number of carbonyl (C=O) groups is 2. The molecule has 4 heteroatoms. The first-order valence-electron chi connectivity index (χ1n) is 10.9. The third-order valence-corrected chi connectivity index (χ3v) is 8.80. The van der Waals surface area contributed by atoms with E-state index in [0.717, 1.165) is 38.5 Å². The van der Waals surface area contributed by atoms with Gasteiger partial charge in [-0.2, -0.15) is 0 Å². The van der Waals surface area contributed by atoms with Crippen molar-refractivity contribution in [1.82, 2.24) is 0 Å². The summed E-state index contributed by atoms with van der Waals surface area (Å²) in [5.41, 5.74) is 7.27. The topological polar surface area (TPSA) is 69.4 Å². The molecule has 7 atom stereocenters. The van der Waals surface area contributed by atoms with Crippen LogP contribution in [0.4, 0.5) is 0 Å². The van der Waals surface area contributed by atoms with Crippen LogP contribution in [0.2, 0.25) is 0 Å². The van der Waals surface area contributed by atoms with Crippen LogP contribution in [0.5, 0.6) is 0 Å². The molecule has 0 bridgehead atoms. The summed E-state index contributed by atoms with van der Waals surface area (Å²) in [6.07, 6.45) is 10.6. The summed E-state index contributed by atoms with van der Waals surface area (Å²) >= 11 is 0. The highest BCUT2D eigenvalue weighted by atomic mass is 16.5. The molecule has 27 heavy (non-hydrogen) atoms. The maximum atomic E-state index is 12.5. The molecule has 7 unspecified atom stereocenters. The van der Waals surface area contributed by atoms with Gasteiger partial charge in [0.25, 0.3) is 0 Å². The summed E-state index contributed by atoms with van der Waals surface area (Å²) in [5, 5.41) is 0. The van der Waals surface area contributed by atoms with Crippen LogP contribution in [-0.4, -0.2) is 24.4 Å². The number of nitrogens with two attached hydrogens (primary N) is 1. The standard InChI is InChI=1S/C23H35NO3/c1-14(13-24)21(26)27-16-8-10-22(2)15(12-16)4-5-17-18-6-7-20(25)23(18,3)11-9-19(17)22/h12,14,16-19H,4-11,13,24H2,1-3H3. The molecule has 4 aliphatic carbocycles. The minimum absolute atomic E-state index is 0.0517. The summed E-state index contributed by atoms with van der Waals surface area (Å²) in [6, 6.07) is 0. The summed E-state index contributed by atoms with van der Waals surface area (Å²) < 4.78 is 5.73. The van der Waals surface area contributed by atoms with Crippen molar-refractivity contribution >= 4 is 11.8 Å². The van der Waals surface area contributed by atoms with E-state index in [4.69, 9.17) is 10.5 Å². The number of hydrogen-bond donors (Lipinski definition) is 1. The Morgan fingerprint density at radius 3 is 2.59 bits per heavy atom. The van der Waals surface area contributed by atoms with Crippen LogP contribution in [0.3, 0.4) is 0 Å². The van der Waals surface area contributed by atoms with E-state index in [1.807, 2.05) is 6.92 Å². The zero-order valence-corrected chi connectivity index (χ0v) is 17.1. The predicted molar refractivity (Wildman–Crippen MR) is 105 cm³/mol. The van der Waals surface area contributed by atoms with Gasteiger partial charge in [0.1, 0.15) is 11.9 Å². The van der Waals surface area contributed by atoms with Crippen molar-refractivity contribution in [2.75, 3.05) is 6.54 Å². The molecular weight excluding hydrogens is 338 g/mol. The second-order valence-electron chi connectivity index (χ2n) is 10.1. The summed E-state index contributed by atoms with van der Waals surface area (Å²) in [5.74, 6) is 2.07. The highest BCUT2D eigenvalue weighted by molar-refractivity contribution is 5.87. The lowest BCUT2D eigenvalue weighted by molar-refractivity contribution is -0.152. The minimum atomic E-state index is -0.233. The quantitative estimate of drug-likeness (QED) is 0.599. The van der Waals surface area contributed by atoms with Crippen molar-refractivity contribution in [3.8, 4) is 0 Å². The van der Waals surface area contributed by atoms with E-state index >= 15 is 0 Å². The summed E-state index contributed by atoms with van der Waals surface area (Å²) in [7, 11) is 0. The van der Waals surface area contributed by atoms with E-state index in [9.17, 15) is 9.59 Å². The average Bonchev–Trinajstić information content (AvgIpc) is 2.96. The lowest BCUT2D eigenvalue weighted by atomic mass is 9.47. The highest BCUT2D eigenvalue weighted by Crippen LogP contribution is 2.64. The molecule has 4 aliphatic rings. The second-order valence-corrected chi connectivity index (χ2v) is 10.1. The van der Waals surface area contributed by atoms with Crippen LogP contribution in [0.1, 0.15) is 72.1 Å². The third-order valence-electron chi connectivity index (χ3n) is 8.80. The van der Waals surface area contributed by atoms with Crippen LogP contribution >= 0.6 is 0 Å². The first-order valence-corrected chi connectivity index (χ1v) is 10.9. The Balaban J connectivity index is 1.53. The molecule has 150 valence electrons. The van der Waals surface area contributed by atoms with Gasteiger partial charge in [-0.05, 0) is 74.2 Å². The van der Waals surface area contributed by atoms with Gasteiger partial charge in [-0.1, -0.05) is 26.3 Å². The van der Waals surface area contributed by atoms with Crippen molar-refractivity contribution in [1.29, 1.82) is 0 Å². The molecule has 0 heterocycles. The van der Waals surface area contributed by atoms with Gasteiger partial charge < -0.3 is 10.5 Å². The van der Waals surface area contributed by atoms with Gasteiger partial charge in [0.2, 0.25) is 0 Å². The maximum absolute atomic E-state index is 12.5. The molecule has 0 aromatic rings. The number of allylic oxidation sites excluding steroid dienone is 1. The number of carbonyl (C=O) groups excluding carboxylic acids is 2. The number of Topliss-reactive ketones (excluding diaryl/α,β-unsaturated/α-hetero) is 1. The van der Waals surface area contributed by atoms with Crippen molar-refractivity contribution < 1.29 is 14.3 Å². The van der Waals surface area contributed by atoms with Gasteiger partial charge in [-0.15, -0.1) is 0 Å². The van der Waals surface area contributed by atoms with Crippen molar-refractivity contribution in [3.05, 3.63) is 11.6 Å². The molecule has 3 saturated carbocycles. The number of rotatable bonds is 3. The van der Waals surface area contributed by atoms with Gasteiger partial charge in [0, 0.05) is 18.4 Å². The fourth-order valence-electron chi connectivity index (χ4n) is 6.92. The summed E-state index contributed by atoms with van der Waals surface area (Å²) in [6.45, 7) is 6.85. The molecule has 4 rings (SSSR count). The molecule has 0 amide bonds. The molecule has 0 aromatic carbocycles. The third kappa shape index (κ3) is 2.90. The molecule has 3 fully saturated rings. The SMILES string of the molecule is CC(CN)C(=O)OC1C=C2CCC3C4CCC(=O)C4(C)CCC3C2(C)CC1. The molecule has 0 aliphatic heterocycles. The number of esters is 1. The number of ketones is 1. The monoisotopic (exact) mass is 373 g/mol. The lowest BCUT2D eigenvalue weighted by Crippen LogP contribution is -2.51. The second kappa shape index (κ2) is 6.72. The van der Waals surface area contributed by atoms with Crippen LogP contribution in [0.25, 0.3) is 0 Å². The van der Waals surface area contributed by atoms with E-state index < -0.39 is 0 Å². The van der Waals surface area contributed by atoms with Gasteiger partial charge in [0.05, 0.1) is 5.92 Å². The minimum Gasteiger partial charge on any atom is -0.458 e. The Labute approximate surface area is 163 Å². The van der Waals surface area contributed by atoms with E-state index in [1.54, 1.807) is 0 Å². The normalized spacial score (nSPS) is 44.6. The fourth-order valence-corrected chi connectivity index (χ4v) is 6.92. The molecule has 2 N–H and O–H groups in total. The molecule has 0 radical (unpaired) electrons. The Bertz CT molecular complexity index is 671. The Kier molecular flexibility index (Phi) is 4.77. The smallest absolute Gasteiger partial charge is 0.310 e. The number of ether oxygens (including phenoxy) is 1. The average molecular weight is 374 g/mol. The van der Waals surface area contributed by atoms with Gasteiger partial charge in [-0.25, -0.2) is 0 Å². The van der Waals surface area contributed by atoms with Crippen molar-refractivity contribution in [2.45, 2.75) is 78.2 Å². The summed E-state index contributed by atoms with van der Waals surface area (Å²) in [4.78, 5) is 24.7. The van der Waals surface area contributed by atoms with Crippen LogP contribution in [0, 0.1) is 34.5 Å². The van der Waals surface area contributed by atoms with Gasteiger partial charge in [0.15, 0.2) is 0 Å². The Hall–Kier alpha value is -1.16. The molecule has 4 nitrogen and oxygen atoms in total. The number of fused-ring (bicyclic) bond motifs is 5. The largest absolute Gasteiger partial charge is 0.458 e. The zero-order chi connectivity index (χ0) is 19.4. The van der Waals surface area contributed by atoms with Crippen LogP contribution in [0.15, 0.2) is 11.6 Å². The molecule has 0 aromatic heterocycles. The van der Waals surface area contributed by atoms with E-state index in [0.29, 0.717) is 30.1 Å². The molecule has 0 saturated heterocycles.